The standard InChI is InChI=1S/C32H41BN4O7/c1-19(2)15-26(33-42-25-17-22-16-24(31(22,3)4)32(25,5)44-33)36-27(38)18-34-28(39)20-11-13-21(14-12-20)29(40)37-43-30(41)35-23-9-7-6-8-10-23/h6-14,19,22,24-26H,15-18H2,1-5H3,(H,34,39)(H,35,41)(H,36,38)(H,37,40)/t22-,24-,25?,26+,32-/m1/s1. The van der Waals surface area contributed by atoms with Gasteiger partial charge in [-0.15, -0.1) is 0 Å². The molecule has 4 N–H and O–H groups in total. The van der Waals surface area contributed by atoms with Crippen molar-refractivity contribution in [1.82, 2.24) is 16.1 Å². The molecular formula is C32H41BN4O7. The Hall–Kier alpha value is -3.90. The van der Waals surface area contributed by atoms with Crippen LogP contribution in [0.25, 0.3) is 0 Å². The number of anilines is 1. The molecule has 6 rings (SSSR count). The van der Waals surface area contributed by atoms with Crippen LogP contribution in [0.1, 0.15) is 74.6 Å². The highest BCUT2D eigenvalue weighted by atomic mass is 16.7. The minimum absolute atomic E-state index is 0.0126. The van der Waals surface area contributed by atoms with Crippen LogP contribution in [0.4, 0.5) is 10.5 Å². The predicted octanol–water partition coefficient (Wildman–Crippen LogP) is 4.11. The van der Waals surface area contributed by atoms with Crippen molar-refractivity contribution in [2.45, 2.75) is 71.5 Å². The largest absolute Gasteiger partial charge is 0.481 e. The van der Waals surface area contributed by atoms with Gasteiger partial charge in [-0.25, -0.2) is 4.79 Å². The number of carbonyl (C=O) groups is 4. The zero-order valence-electron chi connectivity index (χ0n) is 25.8. The average Bonchev–Trinajstić information content (AvgIpc) is 3.36. The van der Waals surface area contributed by atoms with E-state index in [-0.39, 0.29) is 46.6 Å². The molecule has 12 heteroatoms. The van der Waals surface area contributed by atoms with Gasteiger partial charge in [-0.2, -0.15) is 5.48 Å². The van der Waals surface area contributed by atoms with E-state index in [4.69, 9.17) is 14.1 Å². The van der Waals surface area contributed by atoms with Gasteiger partial charge in [-0.05, 0) is 85.8 Å². The molecule has 1 aliphatic heterocycles. The summed E-state index contributed by atoms with van der Waals surface area (Å²) >= 11 is 0. The van der Waals surface area contributed by atoms with E-state index < -0.39 is 25.0 Å². The highest BCUT2D eigenvalue weighted by Gasteiger charge is 2.68. The van der Waals surface area contributed by atoms with Crippen LogP contribution in [0, 0.1) is 23.2 Å². The van der Waals surface area contributed by atoms with Crippen LogP contribution in [-0.2, 0) is 18.9 Å². The molecule has 234 valence electrons. The maximum Gasteiger partial charge on any atom is 0.481 e. The topological polar surface area (TPSA) is 144 Å². The summed E-state index contributed by atoms with van der Waals surface area (Å²) in [5.41, 5.74) is 2.86. The summed E-state index contributed by atoms with van der Waals surface area (Å²) in [6.07, 6.45) is 1.94. The summed E-state index contributed by atoms with van der Waals surface area (Å²) in [6, 6.07) is 14.4. The second-order valence-electron chi connectivity index (χ2n) is 13.2. The van der Waals surface area contributed by atoms with Crippen molar-refractivity contribution in [3.63, 3.8) is 0 Å². The van der Waals surface area contributed by atoms with E-state index in [1.165, 1.54) is 24.3 Å². The molecule has 1 heterocycles. The number of hydrogen-bond donors (Lipinski definition) is 4. The van der Waals surface area contributed by atoms with Crippen molar-refractivity contribution in [2.24, 2.45) is 23.2 Å². The van der Waals surface area contributed by atoms with E-state index in [0.29, 0.717) is 29.9 Å². The number of para-hydroxylation sites is 1. The minimum atomic E-state index is -0.853. The molecule has 4 fully saturated rings. The smallest absolute Gasteiger partial charge is 0.404 e. The Morgan fingerprint density at radius 1 is 0.955 bits per heavy atom. The van der Waals surface area contributed by atoms with Crippen LogP contribution < -0.4 is 21.4 Å². The van der Waals surface area contributed by atoms with E-state index in [0.717, 1.165) is 12.8 Å². The lowest BCUT2D eigenvalue weighted by Crippen LogP contribution is -2.65. The lowest BCUT2D eigenvalue weighted by molar-refractivity contribution is -0.199. The molecule has 3 saturated carbocycles. The third-order valence-electron chi connectivity index (χ3n) is 9.44. The first kappa shape index (κ1) is 31.5. The molecule has 0 aromatic heterocycles. The molecule has 1 unspecified atom stereocenters. The van der Waals surface area contributed by atoms with E-state index in [1.807, 2.05) is 0 Å². The van der Waals surface area contributed by atoms with E-state index >= 15 is 0 Å². The normalized spacial score (nSPS) is 25.2. The van der Waals surface area contributed by atoms with Gasteiger partial charge in [-0.3, -0.25) is 19.7 Å². The summed E-state index contributed by atoms with van der Waals surface area (Å²) < 4.78 is 13.0. The molecule has 5 atom stereocenters. The Balaban J connectivity index is 1.09. The average molecular weight is 605 g/mol. The van der Waals surface area contributed by atoms with Gasteiger partial charge in [-0.1, -0.05) is 45.9 Å². The Bertz CT molecular complexity index is 1390. The first-order valence-electron chi connectivity index (χ1n) is 15.2. The fraction of sp³-hybridized carbons (Fsp3) is 0.500. The SMILES string of the molecule is CC(C)C[C@H](NC(=O)CNC(=O)c1ccc(C(=O)NOC(=O)Nc2ccccc2)cc1)B1OC2C[C@H]3C[C@H](C3(C)C)[C@@]2(C)O1. The van der Waals surface area contributed by atoms with Gasteiger partial charge in [0.2, 0.25) is 5.91 Å². The molecule has 0 radical (unpaired) electrons. The highest BCUT2D eigenvalue weighted by Crippen LogP contribution is 2.65. The lowest BCUT2D eigenvalue weighted by Gasteiger charge is -2.64. The zero-order valence-corrected chi connectivity index (χ0v) is 25.8. The quantitative estimate of drug-likeness (QED) is 0.249. The first-order chi connectivity index (χ1) is 20.9. The van der Waals surface area contributed by atoms with Gasteiger partial charge in [0.15, 0.2) is 0 Å². The van der Waals surface area contributed by atoms with E-state index in [9.17, 15) is 19.2 Å². The van der Waals surface area contributed by atoms with Crippen LogP contribution in [0.3, 0.4) is 0 Å². The molecule has 11 nitrogen and oxygen atoms in total. The number of nitrogens with one attached hydrogen (secondary N) is 4. The molecule has 2 aromatic carbocycles. The maximum atomic E-state index is 12.9. The molecule has 2 aromatic rings. The fourth-order valence-electron chi connectivity index (χ4n) is 6.93. The maximum absolute atomic E-state index is 12.9. The van der Waals surface area contributed by atoms with Gasteiger partial charge in [0.1, 0.15) is 0 Å². The monoisotopic (exact) mass is 604 g/mol. The molecule has 4 amide bonds. The Morgan fingerprint density at radius 2 is 1.61 bits per heavy atom. The third kappa shape index (κ3) is 6.61. The summed E-state index contributed by atoms with van der Waals surface area (Å²) in [6.45, 7) is 10.7. The zero-order chi connectivity index (χ0) is 31.6. The summed E-state index contributed by atoms with van der Waals surface area (Å²) in [4.78, 5) is 54.7. The van der Waals surface area contributed by atoms with E-state index in [1.54, 1.807) is 30.3 Å². The second kappa shape index (κ2) is 12.6. The third-order valence-corrected chi connectivity index (χ3v) is 9.44. The second-order valence-corrected chi connectivity index (χ2v) is 13.2. The number of benzene rings is 2. The molecule has 2 bridgehead atoms. The number of carbonyl (C=O) groups excluding carboxylic acids is 4. The van der Waals surface area contributed by atoms with Crippen molar-refractivity contribution in [2.75, 3.05) is 11.9 Å². The molecule has 1 saturated heterocycles. The van der Waals surface area contributed by atoms with Crippen molar-refractivity contribution >= 4 is 36.6 Å². The predicted molar refractivity (Wildman–Crippen MR) is 164 cm³/mol. The van der Waals surface area contributed by atoms with Crippen LogP contribution >= 0.6 is 0 Å². The van der Waals surface area contributed by atoms with Gasteiger partial charge in [0, 0.05) is 16.8 Å². The number of rotatable bonds is 9. The molecule has 44 heavy (non-hydrogen) atoms. The summed E-state index contributed by atoms with van der Waals surface area (Å²) in [7, 11) is -0.547. The van der Waals surface area contributed by atoms with Gasteiger partial charge in [0.05, 0.1) is 24.2 Å². The molecule has 3 aliphatic carbocycles. The lowest BCUT2D eigenvalue weighted by atomic mass is 9.43. The van der Waals surface area contributed by atoms with Crippen molar-refractivity contribution in [3.05, 3.63) is 65.7 Å². The Kier molecular flexibility index (Phi) is 9.03. The minimum Gasteiger partial charge on any atom is -0.404 e. The number of amides is 4. The van der Waals surface area contributed by atoms with Crippen molar-refractivity contribution < 1.29 is 33.3 Å². The van der Waals surface area contributed by atoms with Crippen molar-refractivity contribution in [1.29, 1.82) is 0 Å². The molecule has 4 aliphatic rings. The summed E-state index contributed by atoms with van der Waals surface area (Å²) in [5.74, 6) is -0.491. The first-order valence-corrected chi connectivity index (χ1v) is 15.2. The van der Waals surface area contributed by atoms with Crippen LogP contribution in [0.2, 0.25) is 0 Å². The fourth-order valence-corrected chi connectivity index (χ4v) is 6.93. The van der Waals surface area contributed by atoms with Crippen LogP contribution in [-0.4, -0.2) is 55.1 Å². The number of hydrogen-bond acceptors (Lipinski definition) is 7. The van der Waals surface area contributed by atoms with E-state index in [2.05, 4.69) is 56.0 Å². The summed E-state index contributed by atoms with van der Waals surface area (Å²) in [5, 5.41) is 8.14. The molecule has 0 spiro atoms. The highest BCUT2D eigenvalue weighted by molar-refractivity contribution is 6.47. The molecular weight excluding hydrogens is 563 g/mol. The number of hydroxylamine groups is 1. The van der Waals surface area contributed by atoms with Gasteiger partial charge in [0.25, 0.3) is 11.8 Å². The Morgan fingerprint density at radius 3 is 2.25 bits per heavy atom. The van der Waals surface area contributed by atoms with Crippen molar-refractivity contribution in [3.8, 4) is 0 Å². The van der Waals surface area contributed by atoms with Crippen LogP contribution in [0.15, 0.2) is 54.6 Å². The van der Waals surface area contributed by atoms with Crippen LogP contribution in [0.5, 0.6) is 0 Å². The Labute approximate surface area is 258 Å². The van der Waals surface area contributed by atoms with Gasteiger partial charge < -0.3 is 24.8 Å². The van der Waals surface area contributed by atoms with Gasteiger partial charge >= 0.3 is 13.2 Å².